The second-order valence-electron chi connectivity index (χ2n) is 4.13. The normalized spacial score (nSPS) is 34.1. The number of aromatic nitrogens is 2. The molecule has 102 valence electrons. The van der Waals surface area contributed by atoms with Crippen molar-refractivity contribution in [3.8, 4) is 12.3 Å². The van der Waals surface area contributed by atoms with Gasteiger partial charge in [0.05, 0.1) is 6.61 Å². The third-order valence-corrected chi connectivity index (χ3v) is 3.04. The highest BCUT2D eigenvalue weighted by atomic mass is 16.6. The van der Waals surface area contributed by atoms with E-state index in [0.717, 1.165) is 16.8 Å². The van der Waals surface area contributed by atoms with Gasteiger partial charge < -0.3 is 20.1 Å². The number of ether oxygens (including phenoxy) is 1. The van der Waals surface area contributed by atoms with E-state index < -0.39 is 41.9 Å². The van der Waals surface area contributed by atoms with E-state index in [1.54, 1.807) is 0 Å². The van der Waals surface area contributed by atoms with Crippen molar-refractivity contribution in [3.63, 3.8) is 0 Å². The summed E-state index contributed by atoms with van der Waals surface area (Å²) in [5.74, 6) is 1.95. The van der Waals surface area contributed by atoms with E-state index >= 15 is 0 Å². The van der Waals surface area contributed by atoms with Crippen molar-refractivity contribution in [2.75, 3.05) is 6.61 Å². The molecule has 0 unspecified atom stereocenters. The molecule has 8 heteroatoms. The Morgan fingerprint density at radius 2 is 2.26 bits per heavy atom. The molecule has 1 aromatic heterocycles. The van der Waals surface area contributed by atoms with Gasteiger partial charge in [0, 0.05) is 12.3 Å². The summed E-state index contributed by atoms with van der Waals surface area (Å²) >= 11 is 0. The van der Waals surface area contributed by atoms with E-state index in [4.69, 9.17) is 16.3 Å². The predicted octanol–water partition coefficient (Wildman–Crippen LogP) is -2.85. The van der Waals surface area contributed by atoms with Crippen LogP contribution in [0.4, 0.5) is 0 Å². The van der Waals surface area contributed by atoms with Gasteiger partial charge in [-0.05, 0) is 0 Å². The Morgan fingerprint density at radius 1 is 1.58 bits per heavy atom. The van der Waals surface area contributed by atoms with Crippen LogP contribution in [0, 0.1) is 12.3 Å². The van der Waals surface area contributed by atoms with Crippen LogP contribution in [0.2, 0.25) is 0 Å². The third-order valence-electron chi connectivity index (χ3n) is 3.04. The minimum Gasteiger partial charge on any atom is -0.394 e. The highest BCUT2D eigenvalue weighted by molar-refractivity contribution is 5.19. The van der Waals surface area contributed by atoms with Crippen LogP contribution in [-0.4, -0.2) is 49.3 Å². The third kappa shape index (κ3) is 1.98. The average molecular weight is 268 g/mol. The Hall–Kier alpha value is -1.92. The molecule has 4 N–H and O–H groups in total. The molecular weight excluding hydrogens is 256 g/mol. The second kappa shape index (κ2) is 4.64. The van der Waals surface area contributed by atoms with Crippen molar-refractivity contribution in [2.45, 2.75) is 24.0 Å². The van der Waals surface area contributed by atoms with Crippen molar-refractivity contribution in [3.05, 3.63) is 33.1 Å². The van der Waals surface area contributed by atoms with Crippen molar-refractivity contribution in [1.29, 1.82) is 0 Å². The topological polar surface area (TPSA) is 125 Å². The van der Waals surface area contributed by atoms with Crippen LogP contribution in [0.5, 0.6) is 0 Å². The lowest BCUT2D eigenvalue weighted by atomic mass is 9.93. The zero-order valence-corrected chi connectivity index (χ0v) is 9.68. The lowest BCUT2D eigenvalue weighted by Crippen LogP contribution is -2.48. The molecule has 0 spiro atoms. The number of rotatable bonds is 2. The molecule has 0 bridgehead atoms. The Kier molecular flexibility index (Phi) is 3.30. The first-order valence-corrected chi connectivity index (χ1v) is 5.40. The molecule has 1 fully saturated rings. The standard InChI is InChI=1S/C11H12N2O6/c1-2-11(18)6(5-14)19-9(8(11)16)13-4-3-7(15)12-10(13)17/h1,3-4,6,8-9,14,16,18H,5H2,(H,12,15,17)/t6-,8-,9-,11-/m0/s1. The largest absolute Gasteiger partial charge is 0.394 e. The summed E-state index contributed by atoms with van der Waals surface area (Å²) in [6.45, 7) is -0.633. The second-order valence-corrected chi connectivity index (χ2v) is 4.13. The zero-order chi connectivity index (χ0) is 14.2. The van der Waals surface area contributed by atoms with Gasteiger partial charge in [-0.25, -0.2) is 4.79 Å². The highest BCUT2D eigenvalue weighted by Gasteiger charge is 2.55. The van der Waals surface area contributed by atoms with Crippen LogP contribution in [0.15, 0.2) is 21.9 Å². The van der Waals surface area contributed by atoms with Crippen LogP contribution in [0.25, 0.3) is 0 Å². The van der Waals surface area contributed by atoms with Crippen LogP contribution < -0.4 is 11.2 Å². The van der Waals surface area contributed by atoms with Crippen molar-refractivity contribution in [1.82, 2.24) is 9.55 Å². The van der Waals surface area contributed by atoms with Gasteiger partial charge in [0.1, 0.15) is 12.2 Å². The van der Waals surface area contributed by atoms with Gasteiger partial charge in [-0.1, -0.05) is 5.92 Å². The SMILES string of the molecule is C#C[C@]1(O)[C@H](CO)O[C@H](n2ccc(=O)[nH]c2=O)[C@@H]1O. The minimum absolute atomic E-state index is 0.611. The van der Waals surface area contributed by atoms with Crippen LogP contribution >= 0.6 is 0 Å². The molecule has 0 saturated carbocycles. The average Bonchev–Trinajstić information content (AvgIpc) is 2.63. The number of hydrogen-bond donors (Lipinski definition) is 4. The van der Waals surface area contributed by atoms with Crippen LogP contribution in [-0.2, 0) is 4.74 Å². The van der Waals surface area contributed by atoms with E-state index in [0.29, 0.717) is 0 Å². The number of terminal acetylenes is 1. The van der Waals surface area contributed by atoms with Gasteiger partial charge in [-0.15, -0.1) is 6.42 Å². The van der Waals surface area contributed by atoms with Gasteiger partial charge in [0.15, 0.2) is 11.8 Å². The van der Waals surface area contributed by atoms with Crippen molar-refractivity contribution >= 4 is 0 Å². The molecule has 8 nitrogen and oxygen atoms in total. The number of aliphatic hydroxyl groups is 3. The smallest absolute Gasteiger partial charge is 0.330 e. The monoisotopic (exact) mass is 268 g/mol. The van der Waals surface area contributed by atoms with Gasteiger partial charge in [-0.2, -0.15) is 0 Å². The number of nitrogens with zero attached hydrogens (tertiary/aromatic N) is 1. The molecule has 1 aliphatic heterocycles. The van der Waals surface area contributed by atoms with E-state index in [9.17, 15) is 19.8 Å². The summed E-state index contributed by atoms with van der Waals surface area (Å²) in [7, 11) is 0. The Balaban J connectivity index is 2.46. The van der Waals surface area contributed by atoms with E-state index in [-0.39, 0.29) is 0 Å². The predicted molar refractivity (Wildman–Crippen MR) is 62.1 cm³/mol. The molecule has 4 atom stereocenters. The summed E-state index contributed by atoms with van der Waals surface area (Å²) in [4.78, 5) is 24.5. The lowest BCUT2D eigenvalue weighted by Gasteiger charge is -2.23. The quantitative estimate of drug-likeness (QED) is 0.428. The fourth-order valence-corrected chi connectivity index (χ4v) is 1.96. The van der Waals surface area contributed by atoms with Crippen molar-refractivity contribution in [2.24, 2.45) is 0 Å². The van der Waals surface area contributed by atoms with E-state index in [1.165, 1.54) is 0 Å². The first-order valence-electron chi connectivity index (χ1n) is 5.40. The number of aliphatic hydroxyl groups excluding tert-OH is 2. The summed E-state index contributed by atoms with van der Waals surface area (Å²) in [5.41, 5.74) is -3.55. The summed E-state index contributed by atoms with van der Waals surface area (Å²) in [6.07, 6.45) is 2.06. The molecule has 0 amide bonds. The van der Waals surface area contributed by atoms with Gasteiger partial charge in [0.2, 0.25) is 0 Å². The maximum Gasteiger partial charge on any atom is 0.330 e. The fourth-order valence-electron chi connectivity index (χ4n) is 1.96. The van der Waals surface area contributed by atoms with Crippen LogP contribution in [0.3, 0.4) is 0 Å². The van der Waals surface area contributed by atoms with E-state index in [1.807, 2.05) is 10.9 Å². The Bertz CT molecular complexity index is 629. The minimum atomic E-state index is -2.12. The fraction of sp³-hybridized carbons (Fsp3) is 0.455. The highest BCUT2D eigenvalue weighted by Crippen LogP contribution is 2.35. The molecule has 0 aromatic carbocycles. The first kappa shape index (κ1) is 13.5. The lowest BCUT2D eigenvalue weighted by molar-refractivity contribution is -0.0624. The summed E-state index contributed by atoms with van der Waals surface area (Å²) in [6, 6.07) is 1.05. The van der Waals surface area contributed by atoms with Gasteiger partial charge in [-0.3, -0.25) is 14.3 Å². The van der Waals surface area contributed by atoms with E-state index in [2.05, 4.69) is 0 Å². The number of H-pyrrole nitrogens is 1. The summed E-state index contributed by atoms with van der Waals surface area (Å²) < 4.78 is 6.06. The number of nitrogens with one attached hydrogen (secondary N) is 1. The van der Waals surface area contributed by atoms with Crippen LogP contribution in [0.1, 0.15) is 6.23 Å². The first-order chi connectivity index (χ1) is 8.93. The summed E-state index contributed by atoms with van der Waals surface area (Å²) in [5, 5.41) is 29.1. The molecule has 0 aliphatic carbocycles. The molecule has 1 aliphatic rings. The maximum absolute atomic E-state index is 11.6. The van der Waals surface area contributed by atoms with Gasteiger partial charge >= 0.3 is 5.69 Å². The number of aromatic amines is 1. The molecule has 2 rings (SSSR count). The maximum atomic E-state index is 11.6. The molecule has 19 heavy (non-hydrogen) atoms. The molecule has 0 radical (unpaired) electrons. The molecule has 1 aromatic rings. The molecule has 1 saturated heterocycles. The molecular formula is C11H12N2O6. The Labute approximate surface area is 106 Å². The number of hydrogen-bond acceptors (Lipinski definition) is 6. The Morgan fingerprint density at radius 3 is 2.74 bits per heavy atom. The zero-order valence-electron chi connectivity index (χ0n) is 9.68. The van der Waals surface area contributed by atoms with Crippen molar-refractivity contribution < 1.29 is 20.1 Å². The molecule has 2 heterocycles. The van der Waals surface area contributed by atoms with Gasteiger partial charge in [0.25, 0.3) is 5.56 Å².